The van der Waals surface area contributed by atoms with Crippen LogP contribution >= 0.6 is 0 Å². The zero-order valence-corrected chi connectivity index (χ0v) is 15.9. The predicted molar refractivity (Wildman–Crippen MR) is 104 cm³/mol. The van der Waals surface area contributed by atoms with Crippen LogP contribution in [0, 0.1) is 28.4 Å². The summed E-state index contributed by atoms with van der Waals surface area (Å²) in [6.07, 6.45) is 0. The summed E-state index contributed by atoms with van der Waals surface area (Å²) in [5.41, 5.74) is -0.847. The molecule has 10 nitrogen and oxygen atoms in total. The maximum atomic E-state index is 12.6. The van der Waals surface area contributed by atoms with Crippen LogP contribution in [0.4, 0.5) is 5.69 Å². The van der Waals surface area contributed by atoms with E-state index in [1.807, 2.05) is 6.07 Å². The molecule has 2 aromatic carbocycles. The van der Waals surface area contributed by atoms with Gasteiger partial charge in [-0.15, -0.1) is 0 Å². The number of aryl methyl sites for hydroxylation is 1. The third-order valence-electron chi connectivity index (χ3n) is 4.10. The van der Waals surface area contributed by atoms with Crippen molar-refractivity contribution in [1.29, 1.82) is 5.26 Å². The molecule has 0 atom stereocenters. The first-order valence-corrected chi connectivity index (χ1v) is 8.50. The molecule has 0 amide bonds. The maximum absolute atomic E-state index is 12.6. The number of methoxy groups -OCH3 is 1. The van der Waals surface area contributed by atoms with E-state index < -0.39 is 22.0 Å². The lowest BCUT2D eigenvalue weighted by Gasteiger charge is -2.12. The van der Waals surface area contributed by atoms with Crippen LogP contribution in [0.15, 0.2) is 53.3 Å². The summed E-state index contributed by atoms with van der Waals surface area (Å²) in [5.74, 6) is -0.968. The highest BCUT2D eigenvalue weighted by Crippen LogP contribution is 2.28. The minimum Gasteiger partial charge on any atom is -0.493 e. The molecule has 0 aliphatic rings. The second-order valence-corrected chi connectivity index (χ2v) is 6.02. The molecule has 0 radical (unpaired) electrons. The zero-order chi connectivity index (χ0) is 21.8. The van der Waals surface area contributed by atoms with Crippen LogP contribution in [-0.4, -0.2) is 27.8 Å². The first-order chi connectivity index (χ1) is 14.3. The number of para-hydroxylation sites is 2. The Morgan fingerprint density at radius 1 is 1.20 bits per heavy atom. The Morgan fingerprint density at radius 3 is 2.60 bits per heavy atom. The van der Waals surface area contributed by atoms with Gasteiger partial charge in [0.25, 0.3) is 5.69 Å². The second kappa shape index (κ2) is 8.24. The fourth-order valence-corrected chi connectivity index (χ4v) is 2.70. The molecule has 3 aromatic rings. The van der Waals surface area contributed by atoms with Crippen molar-refractivity contribution in [2.75, 3.05) is 7.11 Å². The number of hydrogen-bond donors (Lipinski definition) is 0. The van der Waals surface area contributed by atoms with Gasteiger partial charge in [-0.1, -0.05) is 12.1 Å². The Bertz CT molecular complexity index is 1260. The number of benzene rings is 2. The number of esters is 1. The molecule has 1 heterocycles. The monoisotopic (exact) mass is 406 g/mol. The minimum absolute atomic E-state index is 0.0134. The Balaban J connectivity index is 2.05. The van der Waals surface area contributed by atoms with Gasteiger partial charge in [-0.3, -0.25) is 14.9 Å². The normalized spacial score (nSPS) is 10.2. The van der Waals surface area contributed by atoms with E-state index in [0.29, 0.717) is 11.3 Å². The molecule has 0 fully saturated rings. The highest BCUT2D eigenvalue weighted by atomic mass is 16.6. The Labute approximate surface area is 169 Å². The second-order valence-electron chi connectivity index (χ2n) is 6.02. The van der Waals surface area contributed by atoms with Crippen molar-refractivity contribution in [2.45, 2.75) is 6.92 Å². The summed E-state index contributed by atoms with van der Waals surface area (Å²) in [7, 11) is 1.33. The number of nitriles is 1. The van der Waals surface area contributed by atoms with E-state index in [0.717, 1.165) is 10.7 Å². The van der Waals surface area contributed by atoms with E-state index in [2.05, 4.69) is 5.10 Å². The van der Waals surface area contributed by atoms with Gasteiger partial charge < -0.3 is 9.47 Å². The molecule has 150 valence electrons. The first-order valence-electron chi connectivity index (χ1n) is 8.50. The number of carbonyl (C=O) groups excluding carboxylic acids is 1. The van der Waals surface area contributed by atoms with Crippen LogP contribution in [0.25, 0.3) is 5.69 Å². The lowest BCUT2D eigenvalue weighted by molar-refractivity contribution is -0.384. The number of ether oxygens (including phenoxy) is 2. The molecule has 0 aliphatic carbocycles. The average molecular weight is 406 g/mol. The molecule has 3 rings (SSSR count). The zero-order valence-electron chi connectivity index (χ0n) is 15.9. The molecule has 30 heavy (non-hydrogen) atoms. The molecule has 0 spiro atoms. The molecule has 0 bridgehead atoms. The first kappa shape index (κ1) is 20.2. The van der Waals surface area contributed by atoms with Crippen molar-refractivity contribution in [3.8, 4) is 23.3 Å². The quantitative estimate of drug-likeness (QED) is 0.273. The van der Waals surface area contributed by atoms with Crippen molar-refractivity contribution >= 4 is 11.7 Å². The number of nitrogens with zero attached hydrogens (tertiary/aromatic N) is 4. The number of aromatic nitrogens is 2. The highest BCUT2D eigenvalue weighted by molar-refractivity contribution is 5.89. The summed E-state index contributed by atoms with van der Waals surface area (Å²) in [6.45, 7) is 1.53. The number of nitro groups is 1. The number of hydrogen-bond acceptors (Lipinski definition) is 8. The Hall–Kier alpha value is -4.52. The SMILES string of the molecule is COc1cc(C#N)ccc1OC(=O)c1nn(-c2ccccc2[N+](=O)[O-])c(C)cc1=O. The van der Waals surface area contributed by atoms with Gasteiger partial charge in [0.2, 0.25) is 11.1 Å². The van der Waals surface area contributed by atoms with E-state index in [-0.39, 0.29) is 22.9 Å². The number of nitro benzene ring substituents is 1. The molecule has 0 saturated carbocycles. The molecular weight excluding hydrogens is 392 g/mol. The van der Waals surface area contributed by atoms with Crippen molar-refractivity contribution in [1.82, 2.24) is 9.78 Å². The van der Waals surface area contributed by atoms with Crippen molar-refractivity contribution in [3.05, 3.63) is 85.8 Å². The standard InChI is InChI=1S/C20H14N4O6/c1-12-9-16(25)19(22-23(12)14-5-3-4-6-15(14)24(27)28)20(26)30-17-8-7-13(11-21)10-18(17)29-2/h3-10H,1-2H3. The van der Waals surface area contributed by atoms with Crippen molar-refractivity contribution < 1.29 is 19.2 Å². The predicted octanol–water partition coefficient (Wildman–Crippen LogP) is 2.55. The summed E-state index contributed by atoms with van der Waals surface area (Å²) in [4.78, 5) is 35.7. The Morgan fingerprint density at radius 2 is 1.93 bits per heavy atom. The number of rotatable bonds is 5. The topological polar surface area (TPSA) is 137 Å². The molecule has 0 N–H and O–H groups in total. The summed E-state index contributed by atoms with van der Waals surface area (Å²) in [6, 6.07) is 13.0. The van der Waals surface area contributed by atoms with Crippen LogP contribution < -0.4 is 14.9 Å². The lowest BCUT2D eigenvalue weighted by Crippen LogP contribution is -2.26. The lowest BCUT2D eigenvalue weighted by atomic mass is 10.2. The van der Waals surface area contributed by atoms with Gasteiger partial charge in [-0.05, 0) is 25.1 Å². The van der Waals surface area contributed by atoms with Gasteiger partial charge in [0.15, 0.2) is 11.5 Å². The Kier molecular flexibility index (Phi) is 5.55. The van der Waals surface area contributed by atoms with Gasteiger partial charge >= 0.3 is 5.97 Å². The fraction of sp³-hybridized carbons (Fsp3) is 0.100. The minimum atomic E-state index is -1.07. The smallest absolute Gasteiger partial charge is 0.368 e. The number of carbonyl (C=O) groups is 1. The van der Waals surface area contributed by atoms with Crippen LogP contribution in [-0.2, 0) is 0 Å². The summed E-state index contributed by atoms with van der Waals surface area (Å²) < 4.78 is 11.5. The van der Waals surface area contributed by atoms with E-state index in [1.54, 1.807) is 6.07 Å². The van der Waals surface area contributed by atoms with Crippen LogP contribution in [0.1, 0.15) is 21.7 Å². The molecular formula is C20H14N4O6. The largest absolute Gasteiger partial charge is 0.493 e. The van der Waals surface area contributed by atoms with Crippen LogP contribution in [0.3, 0.4) is 0 Å². The highest BCUT2D eigenvalue weighted by Gasteiger charge is 2.22. The van der Waals surface area contributed by atoms with Gasteiger partial charge in [0, 0.05) is 23.9 Å². The summed E-state index contributed by atoms with van der Waals surface area (Å²) >= 11 is 0. The molecule has 10 heteroatoms. The molecule has 0 saturated heterocycles. The van der Waals surface area contributed by atoms with Crippen molar-refractivity contribution in [2.24, 2.45) is 0 Å². The summed E-state index contributed by atoms with van der Waals surface area (Å²) in [5, 5.41) is 24.3. The van der Waals surface area contributed by atoms with Gasteiger partial charge in [-0.2, -0.15) is 10.4 Å². The fourth-order valence-electron chi connectivity index (χ4n) is 2.70. The van der Waals surface area contributed by atoms with E-state index in [4.69, 9.17) is 14.7 Å². The van der Waals surface area contributed by atoms with Gasteiger partial charge in [-0.25, -0.2) is 9.48 Å². The molecule has 1 aromatic heterocycles. The van der Waals surface area contributed by atoms with Crippen LogP contribution in [0.5, 0.6) is 11.5 Å². The van der Waals surface area contributed by atoms with E-state index in [9.17, 15) is 19.7 Å². The van der Waals surface area contributed by atoms with Gasteiger partial charge in [0.1, 0.15) is 5.69 Å². The maximum Gasteiger partial charge on any atom is 0.368 e. The molecule has 0 unspecified atom stereocenters. The van der Waals surface area contributed by atoms with Gasteiger partial charge in [0.05, 0.1) is 23.7 Å². The molecule has 0 aliphatic heterocycles. The van der Waals surface area contributed by atoms with Crippen LogP contribution in [0.2, 0.25) is 0 Å². The third kappa shape index (κ3) is 3.85. The average Bonchev–Trinajstić information content (AvgIpc) is 2.74. The van der Waals surface area contributed by atoms with E-state index >= 15 is 0 Å². The van der Waals surface area contributed by atoms with E-state index in [1.165, 1.54) is 50.4 Å². The third-order valence-corrected chi connectivity index (χ3v) is 4.10. The van der Waals surface area contributed by atoms with Crippen molar-refractivity contribution in [3.63, 3.8) is 0 Å².